The lowest BCUT2D eigenvalue weighted by Gasteiger charge is -2.17. The zero-order valence-corrected chi connectivity index (χ0v) is 12.8. The standard InChI is InChI=1S/C13H25N3O2.ClH/c1-11(2)4-5-12(10-17)15-13-8-14-16(9-13)6-7-18-3;/h8-9,11-12,15,17H,4-7,10H2,1-3H3;1H/t12-;/m1./s1. The molecule has 112 valence electrons. The van der Waals surface area contributed by atoms with E-state index in [4.69, 9.17) is 4.74 Å². The fraction of sp³-hybridized carbons (Fsp3) is 0.769. The van der Waals surface area contributed by atoms with Crippen molar-refractivity contribution in [3.63, 3.8) is 0 Å². The van der Waals surface area contributed by atoms with Gasteiger partial charge in [-0.1, -0.05) is 13.8 Å². The molecule has 19 heavy (non-hydrogen) atoms. The minimum atomic E-state index is 0. The molecule has 0 fully saturated rings. The summed E-state index contributed by atoms with van der Waals surface area (Å²) in [5, 5.41) is 16.9. The molecule has 0 aliphatic carbocycles. The second-order valence-electron chi connectivity index (χ2n) is 4.98. The van der Waals surface area contributed by atoms with Gasteiger partial charge in [-0.3, -0.25) is 4.68 Å². The van der Waals surface area contributed by atoms with E-state index in [2.05, 4.69) is 24.3 Å². The Morgan fingerprint density at radius 3 is 2.74 bits per heavy atom. The van der Waals surface area contributed by atoms with Crippen LogP contribution < -0.4 is 5.32 Å². The first-order valence-corrected chi connectivity index (χ1v) is 6.54. The largest absolute Gasteiger partial charge is 0.394 e. The lowest BCUT2D eigenvalue weighted by molar-refractivity contribution is 0.183. The van der Waals surface area contributed by atoms with Crippen LogP contribution in [-0.2, 0) is 11.3 Å². The summed E-state index contributed by atoms with van der Waals surface area (Å²) in [6, 6.07) is 0.104. The maximum absolute atomic E-state index is 9.34. The summed E-state index contributed by atoms with van der Waals surface area (Å²) in [5.74, 6) is 0.658. The van der Waals surface area contributed by atoms with Crippen LogP contribution in [-0.4, -0.2) is 41.3 Å². The quantitative estimate of drug-likeness (QED) is 0.732. The number of hydrogen-bond acceptors (Lipinski definition) is 4. The van der Waals surface area contributed by atoms with E-state index < -0.39 is 0 Å². The molecule has 1 aromatic rings. The van der Waals surface area contributed by atoms with Crippen LogP contribution in [0.1, 0.15) is 26.7 Å². The number of hydrogen-bond donors (Lipinski definition) is 2. The van der Waals surface area contributed by atoms with Crippen molar-refractivity contribution in [3.05, 3.63) is 12.4 Å². The second kappa shape index (κ2) is 10.1. The molecule has 0 bridgehead atoms. The van der Waals surface area contributed by atoms with E-state index >= 15 is 0 Å². The van der Waals surface area contributed by atoms with Crippen LogP contribution in [0.15, 0.2) is 12.4 Å². The molecular formula is C13H26ClN3O2. The molecule has 0 radical (unpaired) electrons. The predicted molar refractivity (Wildman–Crippen MR) is 79.9 cm³/mol. The molecule has 2 N–H and O–H groups in total. The molecule has 0 aliphatic heterocycles. The fourth-order valence-corrected chi connectivity index (χ4v) is 1.72. The Bertz CT molecular complexity index is 331. The van der Waals surface area contributed by atoms with Gasteiger partial charge >= 0.3 is 0 Å². The lowest BCUT2D eigenvalue weighted by atomic mass is 10.0. The summed E-state index contributed by atoms with van der Waals surface area (Å²) in [6.07, 6.45) is 5.80. The van der Waals surface area contributed by atoms with E-state index in [9.17, 15) is 5.11 Å². The number of nitrogens with one attached hydrogen (secondary N) is 1. The van der Waals surface area contributed by atoms with Gasteiger partial charge in [0, 0.05) is 19.3 Å². The van der Waals surface area contributed by atoms with E-state index in [0.29, 0.717) is 12.5 Å². The van der Waals surface area contributed by atoms with Crippen LogP contribution in [0.5, 0.6) is 0 Å². The van der Waals surface area contributed by atoms with Crippen molar-refractivity contribution in [1.82, 2.24) is 9.78 Å². The van der Waals surface area contributed by atoms with Crippen molar-refractivity contribution in [2.24, 2.45) is 5.92 Å². The number of ether oxygens (including phenoxy) is 1. The van der Waals surface area contributed by atoms with Gasteiger partial charge in [-0.05, 0) is 18.8 Å². The van der Waals surface area contributed by atoms with Gasteiger partial charge in [0.2, 0.25) is 0 Å². The minimum absolute atomic E-state index is 0. The van der Waals surface area contributed by atoms with E-state index in [0.717, 1.165) is 25.1 Å². The Labute approximate surface area is 121 Å². The first-order chi connectivity index (χ1) is 8.65. The van der Waals surface area contributed by atoms with Crippen LogP contribution in [0.3, 0.4) is 0 Å². The molecular weight excluding hydrogens is 266 g/mol. The molecule has 0 aromatic carbocycles. The highest BCUT2D eigenvalue weighted by atomic mass is 35.5. The van der Waals surface area contributed by atoms with E-state index in [1.807, 2.05) is 10.9 Å². The second-order valence-corrected chi connectivity index (χ2v) is 4.98. The van der Waals surface area contributed by atoms with Crippen LogP contribution >= 0.6 is 12.4 Å². The normalized spacial score (nSPS) is 12.3. The molecule has 1 heterocycles. The summed E-state index contributed by atoms with van der Waals surface area (Å²) in [4.78, 5) is 0. The van der Waals surface area contributed by atoms with Crippen molar-refractivity contribution in [2.45, 2.75) is 39.3 Å². The van der Waals surface area contributed by atoms with Gasteiger partial charge in [0.15, 0.2) is 0 Å². The molecule has 1 atom stereocenters. The predicted octanol–water partition coefficient (Wildman–Crippen LogP) is 2.16. The number of anilines is 1. The molecule has 1 aromatic heterocycles. The van der Waals surface area contributed by atoms with Crippen molar-refractivity contribution >= 4 is 18.1 Å². The van der Waals surface area contributed by atoms with Crippen LogP contribution in [0, 0.1) is 5.92 Å². The third-order valence-electron chi connectivity index (χ3n) is 2.84. The molecule has 0 spiro atoms. The molecule has 1 rings (SSSR count). The Morgan fingerprint density at radius 1 is 1.42 bits per heavy atom. The maximum atomic E-state index is 9.34. The number of halogens is 1. The van der Waals surface area contributed by atoms with Crippen molar-refractivity contribution in [2.75, 3.05) is 25.6 Å². The van der Waals surface area contributed by atoms with Crippen molar-refractivity contribution < 1.29 is 9.84 Å². The smallest absolute Gasteiger partial charge is 0.0729 e. The summed E-state index contributed by atoms with van der Waals surface area (Å²) >= 11 is 0. The summed E-state index contributed by atoms with van der Waals surface area (Å²) in [6.45, 7) is 5.93. The number of aliphatic hydroxyl groups excluding tert-OH is 1. The van der Waals surface area contributed by atoms with Crippen LogP contribution in [0.2, 0.25) is 0 Å². The van der Waals surface area contributed by atoms with Crippen LogP contribution in [0.4, 0.5) is 5.69 Å². The van der Waals surface area contributed by atoms with Crippen molar-refractivity contribution in [3.8, 4) is 0 Å². The van der Waals surface area contributed by atoms with Crippen molar-refractivity contribution in [1.29, 1.82) is 0 Å². The molecule has 0 saturated heterocycles. The van der Waals surface area contributed by atoms with Gasteiger partial charge in [0.25, 0.3) is 0 Å². The average Bonchev–Trinajstić information content (AvgIpc) is 2.79. The molecule has 6 heteroatoms. The lowest BCUT2D eigenvalue weighted by Crippen LogP contribution is -2.24. The topological polar surface area (TPSA) is 59.3 Å². The Morgan fingerprint density at radius 2 is 2.16 bits per heavy atom. The van der Waals surface area contributed by atoms with Gasteiger partial charge < -0.3 is 15.2 Å². The van der Waals surface area contributed by atoms with Gasteiger partial charge in [0.05, 0.1) is 31.6 Å². The molecule has 0 saturated carbocycles. The number of rotatable bonds is 9. The highest BCUT2D eigenvalue weighted by molar-refractivity contribution is 5.85. The van der Waals surface area contributed by atoms with Gasteiger partial charge in [0.1, 0.15) is 0 Å². The highest BCUT2D eigenvalue weighted by Crippen LogP contribution is 2.12. The first kappa shape index (κ1) is 18.2. The Kier molecular flexibility index (Phi) is 9.65. The van der Waals surface area contributed by atoms with Crippen LogP contribution in [0.25, 0.3) is 0 Å². The molecule has 0 amide bonds. The van der Waals surface area contributed by atoms with Gasteiger partial charge in [-0.15, -0.1) is 12.4 Å². The highest BCUT2D eigenvalue weighted by Gasteiger charge is 2.09. The molecule has 0 unspecified atom stereocenters. The van der Waals surface area contributed by atoms with E-state index in [1.165, 1.54) is 0 Å². The van der Waals surface area contributed by atoms with E-state index in [1.54, 1.807) is 13.3 Å². The Balaban J connectivity index is 0.00000324. The molecule has 0 aliphatic rings. The average molecular weight is 292 g/mol. The molecule has 5 nitrogen and oxygen atoms in total. The SMILES string of the molecule is COCCn1cc(N[C@@H](CO)CCC(C)C)cn1.Cl. The van der Waals surface area contributed by atoms with E-state index in [-0.39, 0.29) is 25.1 Å². The number of aromatic nitrogens is 2. The third kappa shape index (κ3) is 7.40. The summed E-state index contributed by atoms with van der Waals surface area (Å²) in [7, 11) is 1.68. The van der Waals surface area contributed by atoms with Gasteiger partial charge in [-0.25, -0.2) is 0 Å². The Hall–Kier alpha value is -0.780. The zero-order valence-electron chi connectivity index (χ0n) is 12.0. The van der Waals surface area contributed by atoms with Gasteiger partial charge in [-0.2, -0.15) is 5.10 Å². The third-order valence-corrected chi connectivity index (χ3v) is 2.84. The minimum Gasteiger partial charge on any atom is -0.394 e. The summed E-state index contributed by atoms with van der Waals surface area (Å²) < 4.78 is 6.84. The first-order valence-electron chi connectivity index (χ1n) is 6.54. The monoisotopic (exact) mass is 291 g/mol. The number of methoxy groups -OCH3 is 1. The number of aliphatic hydroxyl groups is 1. The maximum Gasteiger partial charge on any atom is 0.0729 e. The zero-order chi connectivity index (χ0) is 13.4. The number of nitrogens with zero attached hydrogens (tertiary/aromatic N) is 2. The summed E-state index contributed by atoms with van der Waals surface area (Å²) in [5.41, 5.74) is 0.953. The fourth-order valence-electron chi connectivity index (χ4n) is 1.72.